The number of likely N-dealkylation sites (tertiary alicyclic amines) is 1. The molecule has 1 aliphatic heterocycles. The molecule has 5 nitrogen and oxygen atoms in total. The summed E-state index contributed by atoms with van der Waals surface area (Å²) in [4.78, 5) is 13.6. The van der Waals surface area contributed by atoms with Gasteiger partial charge < -0.3 is 9.32 Å². The van der Waals surface area contributed by atoms with Crippen molar-refractivity contribution in [2.24, 2.45) is 5.92 Å². The molecule has 1 aliphatic rings. The summed E-state index contributed by atoms with van der Waals surface area (Å²) in [5.41, 5.74) is 0. The number of rotatable bonds is 2. The lowest BCUT2D eigenvalue weighted by Crippen LogP contribution is -2.28. The Labute approximate surface area is 110 Å². The molecule has 1 aromatic rings. The predicted molar refractivity (Wildman–Crippen MR) is 66.2 cm³/mol. The molecule has 2 heterocycles. The molecule has 0 aromatic carbocycles. The monoisotopic (exact) mass is 291 g/mol. The molecule has 1 amide bonds. The molecular formula is C11H14ClNO4S. The normalized spacial score (nSPS) is 20.4. The number of furan rings is 1. The van der Waals surface area contributed by atoms with E-state index in [2.05, 4.69) is 6.92 Å². The van der Waals surface area contributed by atoms with Crippen LogP contribution in [0.15, 0.2) is 15.4 Å². The summed E-state index contributed by atoms with van der Waals surface area (Å²) in [6.45, 7) is 4.87. The lowest BCUT2D eigenvalue weighted by Gasteiger charge is -2.13. The molecule has 2 rings (SSSR count). The van der Waals surface area contributed by atoms with E-state index in [1.165, 1.54) is 13.0 Å². The van der Waals surface area contributed by atoms with Gasteiger partial charge in [-0.05, 0) is 19.3 Å². The van der Waals surface area contributed by atoms with Crippen LogP contribution in [0.3, 0.4) is 0 Å². The van der Waals surface area contributed by atoms with Crippen molar-refractivity contribution >= 4 is 25.6 Å². The largest absolute Gasteiger partial charge is 0.455 e. The van der Waals surface area contributed by atoms with Crippen LogP contribution in [0.4, 0.5) is 0 Å². The minimum Gasteiger partial charge on any atom is -0.455 e. The zero-order chi connectivity index (χ0) is 13.5. The summed E-state index contributed by atoms with van der Waals surface area (Å²) < 4.78 is 27.7. The van der Waals surface area contributed by atoms with Crippen LogP contribution in [0.5, 0.6) is 0 Å². The molecule has 1 atom stereocenters. The first-order valence-electron chi connectivity index (χ1n) is 5.63. The standard InChI is InChI=1S/C11H14ClNO4S/c1-7-3-4-13(6-7)11(14)9-5-10(8(2)17-9)18(12,15)16/h5,7H,3-4,6H2,1-2H3/t7-/m0/s1. The van der Waals surface area contributed by atoms with Gasteiger partial charge >= 0.3 is 0 Å². The van der Waals surface area contributed by atoms with E-state index < -0.39 is 9.05 Å². The SMILES string of the molecule is Cc1oc(C(=O)N2CC[C@H](C)C2)cc1S(=O)(=O)Cl. The highest BCUT2D eigenvalue weighted by molar-refractivity contribution is 8.13. The molecule has 0 spiro atoms. The Morgan fingerprint density at radius 3 is 2.67 bits per heavy atom. The molecule has 0 aliphatic carbocycles. The first-order valence-corrected chi connectivity index (χ1v) is 7.94. The first-order chi connectivity index (χ1) is 8.29. The second-order valence-corrected chi connectivity index (χ2v) is 7.15. The van der Waals surface area contributed by atoms with Crippen molar-refractivity contribution in [1.29, 1.82) is 0 Å². The van der Waals surface area contributed by atoms with Crippen LogP contribution in [-0.4, -0.2) is 32.3 Å². The van der Waals surface area contributed by atoms with Crippen molar-refractivity contribution in [3.05, 3.63) is 17.6 Å². The molecular weight excluding hydrogens is 278 g/mol. The van der Waals surface area contributed by atoms with E-state index in [1.807, 2.05) is 0 Å². The third kappa shape index (κ3) is 2.54. The first kappa shape index (κ1) is 13.4. The van der Waals surface area contributed by atoms with E-state index in [-0.39, 0.29) is 22.3 Å². The lowest BCUT2D eigenvalue weighted by atomic mass is 10.2. The van der Waals surface area contributed by atoms with E-state index in [1.54, 1.807) is 4.90 Å². The second-order valence-electron chi connectivity index (χ2n) is 4.61. The number of amides is 1. The van der Waals surface area contributed by atoms with Crippen LogP contribution < -0.4 is 0 Å². The fourth-order valence-electron chi connectivity index (χ4n) is 2.09. The molecule has 1 fully saturated rings. The van der Waals surface area contributed by atoms with Crippen molar-refractivity contribution in [2.75, 3.05) is 13.1 Å². The van der Waals surface area contributed by atoms with Gasteiger partial charge in [-0.1, -0.05) is 6.92 Å². The number of aryl methyl sites for hydroxylation is 1. The maximum Gasteiger partial charge on any atom is 0.289 e. The molecule has 0 saturated carbocycles. The van der Waals surface area contributed by atoms with Gasteiger partial charge in [0.2, 0.25) is 0 Å². The van der Waals surface area contributed by atoms with Crippen molar-refractivity contribution in [3.8, 4) is 0 Å². The molecule has 1 saturated heterocycles. The van der Waals surface area contributed by atoms with Gasteiger partial charge in [-0.25, -0.2) is 8.42 Å². The fourth-order valence-corrected chi connectivity index (χ4v) is 3.18. The number of halogens is 1. The van der Waals surface area contributed by atoms with Crippen LogP contribution in [0, 0.1) is 12.8 Å². The molecule has 0 N–H and O–H groups in total. The maximum absolute atomic E-state index is 12.1. The third-order valence-corrected chi connectivity index (χ3v) is 4.49. The topological polar surface area (TPSA) is 67.6 Å². The van der Waals surface area contributed by atoms with Crippen LogP contribution in [0.25, 0.3) is 0 Å². The summed E-state index contributed by atoms with van der Waals surface area (Å²) >= 11 is 0. The third-order valence-electron chi connectivity index (χ3n) is 3.06. The smallest absolute Gasteiger partial charge is 0.289 e. The van der Waals surface area contributed by atoms with Crippen molar-refractivity contribution in [2.45, 2.75) is 25.2 Å². The Hall–Kier alpha value is -1.01. The molecule has 100 valence electrons. The molecule has 7 heteroatoms. The van der Waals surface area contributed by atoms with Crippen LogP contribution in [0.1, 0.15) is 29.7 Å². The second kappa shape index (κ2) is 4.59. The Morgan fingerprint density at radius 1 is 1.56 bits per heavy atom. The number of hydrogen-bond acceptors (Lipinski definition) is 4. The van der Waals surface area contributed by atoms with Crippen LogP contribution in [-0.2, 0) is 9.05 Å². The zero-order valence-corrected chi connectivity index (χ0v) is 11.7. The minimum atomic E-state index is -3.87. The Balaban J connectivity index is 2.27. The van der Waals surface area contributed by atoms with Crippen LogP contribution in [0.2, 0.25) is 0 Å². The molecule has 18 heavy (non-hydrogen) atoms. The summed E-state index contributed by atoms with van der Waals surface area (Å²) in [5.74, 6) is 0.344. The van der Waals surface area contributed by atoms with Gasteiger partial charge in [0.1, 0.15) is 10.7 Å². The minimum absolute atomic E-state index is 0.0285. The summed E-state index contributed by atoms with van der Waals surface area (Å²) in [6, 6.07) is 1.20. The zero-order valence-electron chi connectivity index (χ0n) is 10.1. The van der Waals surface area contributed by atoms with Crippen molar-refractivity contribution in [1.82, 2.24) is 4.90 Å². The summed E-state index contributed by atoms with van der Waals surface area (Å²) in [5, 5.41) is 0. The van der Waals surface area contributed by atoms with Gasteiger partial charge in [-0.2, -0.15) is 0 Å². The lowest BCUT2D eigenvalue weighted by molar-refractivity contribution is 0.0755. The quantitative estimate of drug-likeness (QED) is 0.782. The average molecular weight is 292 g/mol. The van der Waals surface area contributed by atoms with Gasteiger partial charge in [0.25, 0.3) is 15.0 Å². The van der Waals surface area contributed by atoms with Gasteiger partial charge in [0.05, 0.1) is 0 Å². The average Bonchev–Trinajstić information content (AvgIpc) is 2.82. The molecule has 0 bridgehead atoms. The van der Waals surface area contributed by atoms with Gasteiger partial charge in [-0.15, -0.1) is 0 Å². The Bertz CT molecular complexity index is 578. The molecule has 0 radical (unpaired) electrons. The highest BCUT2D eigenvalue weighted by Gasteiger charge is 2.28. The number of carbonyl (C=O) groups excluding carboxylic acids is 1. The molecule has 0 unspecified atom stereocenters. The van der Waals surface area contributed by atoms with E-state index in [0.29, 0.717) is 19.0 Å². The van der Waals surface area contributed by atoms with Gasteiger partial charge in [0.15, 0.2) is 5.76 Å². The maximum atomic E-state index is 12.1. The Morgan fingerprint density at radius 2 is 2.22 bits per heavy atom. The highest BCUT2D eigenvalue weighted by Crippen LogP contribution is 2.25. The van der Waals surface area contributed by atoms with E-state index >= 15 is 0 Å². The number of hydrogen-bond donors (Lipinski definition) is 0. The fraction of sp³-hybridized carbons (Fsp3) is 0.545. The van der Waals surface area contributed by atoms with E-state index in [0.717, 1.165) is 6.42 Å². The summed E-state index contributed by atoms with van der Waals surface area (Å²) in [6.07, 6.45) is 0.950. The number of nitrogens with zero attached hydrogens (tertiary/aromatic N) is 1. The van der Waals surface area contributed by atoms with Gasteiger partial charge in [-0.3, -0.25) is 4.79 Å². The highest BCUT2D eigenvalue weighted by atomic mass is 35.7. The molecule has 1 aromatic heterocycles. The summed E-state index contributed by atoms with van der Waals surface area (Å²) in [7, 11) is 1.38. The van der Waals surface area contributed by atoms with Crippen molar-refractivity contribution in [3.63, 3.8) is 0 Å². The van der Waals surface area contributed by atoms with Crippen molar-refractivity contribution < 1.29 is 17.6 Å². The predicted octanol–water partition coefficient (Wildman–Crippen LogP) is 2.00. The van der Waals surface area contributed by atoms with Gasteiger partial charge in [0, 0.05) is 29.8 Å². The van der Waals surface area contributed by atoms with E-state index in [9.17, 15) is 13.2 Å². The van der Waals surface area contributed by atoms with E-state index in [4.69, 9.17) is 15.1 Å². The van der Waals surface area contributed by atoms with Crippen LogP contribution >= 0.6 is 10.7 Å². The number of carbonyl (C=O) groups is 1. The Kier molecular flexibility index (Phi) is 3.42.